The van der Waals surface area contributed by atoms with Crippen LogP contribution in [0.4, 0.5) is 10.2 Å². The van der Waals surface area contributed by atoms with Gasteiger partial charge in [0.05, 0.1) is 16.4 Å². The Bertz CT molecular complexity index is 1710. The summed E-state index contributed by atoms with van der Waals surface area (Å²) in [5.74, 6) is -0.0886. The lowest BCUT2D eigenvalue weighted by atomic mass is 10.1. The fourth-order valence-corrected chi connectivity index (χ4v) is 5.51. The molecule has 2 heterocycles. The summed E-state index contributed by atoms with van der Waals surface area (Å²) in [5, 5.41) is 8.38. The molecular formula is C26H20BrClFN5O2S. The van der Waals surface area contributed by atoms with E-state index in [1.807, 2.05) is 48.5 Å². The molecule has 0 atom stereocenters. The minimum atomic E-state index is -3.99. The summed E-state index contributed by atoms with van der Waals surface area (Å²) in [6.45, 7) is 0.458. The van der Waals surface area contributed by atoms with Crippen molar-refractivity contribution < 1.29 is 12.8 Å². The van der Waals surface area contributed by atoms with E-state index < -0.39 is 15.8 Å². The van der Waals surface area contributed by atoms with Gasteiger partial charge < -0.3 is 5.32 Å². The Morgan fingerprint density at radius 2 is 1.68 bits per heavy atom. The number of halogens is 3. The quantitative estimate of drug-likeness (QED) is 0.227. The molecule has 0 aliphatic heterocycles. The topological polar surface area (TPSA) is 88.4 Å². The second-order valence-corrected chi connectivity index (χ2v) is 11.2. The van der Waals surface area contributed by atoms with Gasteiger partial charge >= 0.3 is 0 Å². The summed E-state index contributed by atoms with van der Waals surface area (Å²) < 4.78 is 43.9. The van der Waals surface area contributed by atoms with Gasteiger partial charge in [0.2, 0.25) is 10.0 Å². The zero-order valence-electron chi connectivity index (χ0n) is 19.2. The van der Waals surface area contributed by atoms with Gasteiger partial charge in [0, 0.05) is 29.7 Å². The van der Waals surface area contributed by atoms with Crippen LogP contribution in [0.5, 0.6) is 0 Å². The van der Waals surface area contributed by atoms with Crippen LogP contribution in [0.1, 0.15) is 11.1 Å². The average Bonchev–Trinajstić information content (AvgIpc) is 3.27. The molecule has 0 aliphatic rings. The predicted octanol–water partition coefficient (Wildman–Crippen LogP) is 6.04. The van der Waals surface area contributed by atoms with Gasteiger partial charge in [-0.3, -0.25) is 0 Å². The Labute approximate surface area is 226 Å². The van der Waals surface area contributed by atoms with Crippen LogP contribution in [0.25, 0.3) is 16.9 Å². The number of benzene rings is 3. The monoisotopic (exact) mass is 599 g/mol. The lowest BCUT2D eigenvalue weighted by molar-refractivity contribution is 0.557. The van der Waals surface area contributed by atoms with Gasteiger partial charge in [-0.25, -0.2) is 22.5 Å². The van der Waals surface area contributed by atoms with E-state index >= 15 is 0 Å². The lowest BCUT2D eigenvalue weighted by Crippen LogP contribution is -2.24. The van der Waals surface area contributed by atoms with Crippen molar-refractivity contribution in [2.24, 2.45) is 0 Å². The Kier molecular flexibility index (Phi) is 7.25. The van der Waals surface area contributed by atoms with Crippen molar-refractivity contribution in [2.75, 3.05) is 5.32 Å². The van der Waals surface area contributed by atoms with Gasteiger partial charge in [-0.2, -0.15) is 9.61 Å². The number of hydrogen-bond donors (Lipinski definition) is 2. The third-order valence-corrected chi connectivity index (χ3v) is 7.96. The Hall–Kier alpha value is -3.31. The molecule has 0 aliphatic carbocycles. The zero-order chi connectivity index (χ0) is 26.0. The minimum Gasteiger partial charge on any atom is -0.366 e. The normalized spacial score (nSPS) is 11.6. The molecular weight excluding hydrogens is 581 g/mol. The Morgan fingerprint density at radius 1 is 0.946 bits per heavy atom. The van der Waals surface area contributed by atoms with Gasteiger partial charge in [0.15, 0.2) is 5.65 Å². The third-order valence-electron chi connectivity index (χ3n) is 5.64. The highest BCUT2D eigenvalue weighted by Crippen LogP contribution is 2.30. The van der Waals surface area contributed by atoms with Crippen LogP contribution < -0.4 is 10.0 Å². The molecule has 5 aromatic rings. The average molecular weight is 601 g/mol. The van der Waals surface area contributed by atoms with Gasteiger partial charge in [-0.15, -0.1) is 0 Å². The molecule has 0 spiro atoms. The Morgan fingerprint density at radius 3 is 2.46 bits per heavy atom. The fraction of sp³-hybridized carbons (Fsp3) is 0.0769. The molecule has 0 amide bonds. The lowest BCUT2D eigenvalue weighted by Gasteiger charge is -2.13. The van der Waals surface area contributed by atoms with E-state index in [2.05, 4.69) is 31.1 Å². The number of nitrogens with zero attached hydrogens (tertiary/aromatic N) is 3. The first-order chi connectivity index (χ1) is 17.8. The molecule has 0 unspecified atom stereocenters. The molecule has 3 aromatic carbocycles. The molecule has 2 N–H and O–H groups in total. The summed E-state index contributed by atoms with van der Waals surface area (Å²) in [6.07, 6.45) is 1.67. The highest BCUT2D eigenvalue weighted by Gasteiger charge is 2.18. The van der Waals surface area contributed by atoms with Gasteiger partial charge in [-0.05, 0) is 45.3 Å². The predicted molar refractivity (Wildman–Crippen MR) is 145 cm³/mol. The fourth-order valence-electron chi connectivity index (χ4n) is 3.83. The van der Waals surface area contributed by atoms with E-state index in [0.29, 0.717) is 28.7 Å². The van der Waals surface area contributed by atoms with Crippen molar-refractivity contribution in [3.63, 3.8) is 0 Å². The van der Waals surface area contributed by atoms with Crippen molar-refractivity contribution in [1.29, 1.82) is 0 Å². The van der Waals surface area contributed by atoms with Crippen molar-refractivity contribution in [3.8, 4) is 11.3 Å². The van der Waals surface area contributed by atoms with Gasteiger partial charge in [0.25, 0.3) is 0 Å². The number of fused-ring (bicyclic) bond motifs is 1. The largest absolute Gasteiger partial charge is 0.366 e. The third kappa shape index (κ3) is 5.52. The van der Waals surface area contributed by atoms with E-state index in [4.69, 9.17) is 16.6 Å². The summed E-state index contributed by atoms with van der Waals surface area (Å²) in [4.78, 5) is 4.33. The zero-order valence-corrected chi connectivity index (χ0v) is 22.4. The summed E-state index contributed by atoms with van der Waals surface area (Å²) in [6, 6.07) is 22.1. The van der Waals surface area contributed by atoms with Crippen LogP contribution in [-0.4, -0.2) is 23.0 Å². The number of rotatable bonds is 8. The molecule has 2 aromatic heterocycles. The number of sulfonamides is 1. The Balaban J connectivity index is 1.36. The molecule has 0 fully saturated rings. The molecule has 37 heavy (non-hydrogen) atoms. The van der Waals surface area contributed by atoms with Crippen molar-refractivity contribution in [3.05, 3.63) is 111 Å². The molecule has 0 saturated heterocycles. The first kappa shape index (κ1) is 25.3. The number of anilines is 1. The van der Waals surface area contributed by atoms with Crippen LogP contribution in [0.15, 0.2) is 94.4 Å². The smallest absolute Gasteiger partial charge is 0.243 e. The second-order valence-electron chi connectivity index (χ2n) is 8.16. The minimum absolute atomic E-state index is 0.0206. The maximum absolute atomic E-state index is 14.0. The van der Waals surface area contributed by atoms with Crippen molar-refractivity contribution in [1.82, 2.24) is 19.3 Å². The molecule has 188 valence electrons. The first-order valence-electron chi connectivity index (χ1n) is 11.2. The number of nitrogens with one attached hydrogen (secondary N) is 2. The SMILES string of the molecule is O=S(=O)(NCc1cccc(CNc2cc(-c3ccccc3Cl)nc3c(Br)cnn23)c1)c1ccccc1F. The van der Waals surface area contributed by atoms with E-state index in [1.54, 1.807) is 16.8 Å². The van der Waals surface area contributed by atoms with E-state index in [-0.39, 0.29) is 11.4 Å². The highest BCUT2D eigenvalue weighted by molar-refractivity contribution is 9.10. The molecule has 5 rings (SSSR count). The first-order valence-corrected chi connectivity index (χ1v) is 13.8. The second kappa shape index (κ2) is 10.6. The summed E-state index contributed by atoms with van der Waals surface area (Å²) in [5.41, 5.74) is 3.78. The van der Waals surface area contributed by atoms with Crippen LogP contribution in [0, 0.1) is 5.82 Å². The van der Waals surface area contributed by atoms with Crippen LogP contribution in [0.2, 0.25) is 5.02 Å². The van der Waals surface area contributed by atoms with Crippen LogP contribution >= 0.6 is 27.5 Å². The van der Waals surface area contributed by atoms with Crippen LogP contribution in [0.3, 0.4) is 0 Å². The summed E-state index contributed by atoms with van der Waals surface area (Å²) in [7, 11) is -3.99. The molecule has 0 saturated carbocycles. The van der Waals surface area contributed by atoms with Crippen LogP contribution in [-0.2, 0) is 23.1 Å². The molecule has 0 radical (unpaired) electrons. The van der Waals surface area contributed by atoms with E-state index in [9.17, 15) is 12.8 Å². The van der Waals surface area contributed by atoms with E-state index in [1.165, 1.54) is 18.2 Å². The maximum atomic E-state index is 14.0. The molecule has 7 nitrogen and oxygen atoms in total. The van der Waals surface area contributed by atoms with Crippen molar-refractivity contribution in [2.45, 2.75) is 18.0 Å². The number of aromatic nitrogens is 3. The highest BCUT2D eigenvalue weighted by atomic mass is 79.9. The van der Waals surface area contributed by atoms with Gasteiger partial charge in [-0.1, -0.05) is 66.2 Å². The maximum Gasteiger partial charge on any atom is 0.243 e. The molecule has 11 heteroatoms. The standard InChI is InChI=1S/C26H20BrClFN5O2S/c27-20-16-31-34-25(13-23(33-26(20)34)19-8-1-2-9-21(19)28)30-14-17-6-5-7-18(12-17)15-32-37(35,36)24-11-4-3-10-22(24)29/h1-13,16,30,32H,14-15H2. The number of hydrogen-bond acceptors (Lipinski definition) is 5. The van der Waals surface area contributed by atoms with Gasteiger partial charge in [0.1, 0.15) is 16.5 Å². The summed E-state index contributed by atoms with van der Waals surface area (Å²) >= 11 is 9.91. The molecule has 0 bridgehead atoms. The van der Waals surface area contributed by atoms with Crippen molar-refractivity contribution >= 4 is 49.0 Å². The van der Waals surface area contributed by atoms with E-state index in [0.717, 1.165) is 27.2 Å².